The fourth-order valence-electron chi connectivity index (χ4n) is 3.35. The predicted octanol–water partition coefficient (Wildman–Crippen LogP) is 4.11. The van der Waals surface area contributed by atoms with E-state index < -0.39 is 0 Å². The second-order valence-electron chi connectivity index (χ2n) is 7.18. The molecule has 1 aromatic heterocycles. The highest BCUT2D eigenvalue weighted by Crippen LogP contribution is 2.49. The first-order chi connectivity index (χ1) is 11.9. The third kappa shape index (κ3) is 4.97. The molecule has 0 spiro atoms. The summed E-state index contributed by atoms with van der Waals surface area (Å²) in [4.78, 5) is 16.9. The van der Waals surface area contributed by atoms with Gasteiger partial charge < -0.3 is 19.9 Å². The molecule has 3 rings (SSSR count). The summed E-state index contributed by atoms with van der Waals surface area (Å²) in [5, 5.41) is 3.75. The van der Waals surface area contributed by atoms with Gasteiger partial charge in [0.15, 0.2) is 0 Å². The number of benzene rings is 1. The number of H-pyrrole nitrogens is 1. The average Bonchev–Trinajstić information content (AvgIpc) is 3.15. The molecule has 2 N–H and O–H groups in total. The first kappa shape index (κ1) is 20.2. The Labute approximate surface area is 154 Å². The third-order valence-corrected chi connectivity index (χ3v) is 4.65. The minimum atomic E-state index is -0.367. The molecule has 0 bridgehead atoms. The van der Waals surface area contributed by atoms with E-state index in [0.29, 0.717) is 18.4 Å². The minimum Gasteiger partial charge on any atom is -0.447 e. The van der Waals surface area contributed by atoms with E-state index in [2.05, 4.69) is 22.2 Å². The quantitative estimate of drug-likeness (QED) is 0.778. The van der Waals surface area contributed by atoms with Crippen LogP contribution in [0.3, 0.4) is 0 Å². The molecule has 2 aromatic rings. The van der Waals surface area contributed by atoms with Crippen LogP contribution in [-0.4, -0.2) is 48.8 Å². The van der Waals surface area contributed by atoms with E-state index in [9.17, 15) is 9.18 Å². The molecular formula is C20H30FN3O2. The first-order valence-corrected chi connectivity index (χ1v) is 8.83. The van der Waals surface area contributed by atoms with Gasteiger partial charge in [0, 0.05) is 36.7 Å². The molecule has 1 aliphatic rings. The standard InChI is InChI=1S/C19H26FN3O2.CH4/c1-12(2)25-19(24)21-6-7-23(3)11-13-8-15(13)17-10-22-18-5-4-14(20)9-16(17)18;/h4-5,9-10,12-13,15,22H,6-8,11H2,1-3H3,(H,21,24);1H4. The van der Waals surface area contributed by atoms with Gasteiger partial charge in [0.2, 0.25) is 0 Å². The molecular weight excluding hydrogens is 333 g/mol. The monoisotopic (exact) mass is 363 g/mol. The number of nitrogens with one attached hydrogen (secondary N) is 2. The second kappa shape index (κ2) is 8.54. The Morgan fingerprint density at radius 1 is 1.46 bits per heavy atom. The van der Waals surface area contributed by atoms with Crippen molar-refractivity contribution in [2.24, 2.45) is 5.92 Å². The number of aromatic nitrogens is 1. The molecule has 5 nitrogen and oxygen atoms in total. The minimum absolute atomic E-state index is 0. The highest BCUT2D eigenvalue weighted by atomic mass is 19.1. The Balaban J connectivity index is 0.00000243. The molecule has 1 aliphatic carbocycles. The summed E-state index contributed by atoms with van der Waals surface area (Å²) in [5.74, 6) is 0.869. The third-order valence-electron chi connectivity index (χ3n) is 4.65. The number of halogens is 1. The van der Waals surface area contributed by atoms with Gasteiger partial charge in [-0.15, -0.1) is 0 Å². The van der Waals surface area contributed by atoms with Crippen molar-refractivity contribution >= 4 is 17.0 Å². The largest absolute Gasteiger partial charge is 0.447 e. The zero-order valence-electron chi connectivity index (χ0n) is 15.0. The van der Waals surface area contributed by atoms with E-state index >= 15 is 0 Å². The van der Waals surface area contributed by atoms with Crippen LogP contribution in [-0.2, 0) is 4.74 Å². The second-order valence-corrected chi connectivity index (χ2v) is 7.18. The lowest BCUT2D eigenvalue weighted by molar-refractivity contribution is 0.114. The Morgan fingerprint density at radius 2 is 2.23 bits per heavy atom. The molecule has 0 saturated heterocycles. The smallest absolute Gasteiger partial charge is 0.407 e. The zero-order valence-corrected chi connectivity index (χ0v) is 15.0. The Hall–Kier alpha value is -2.08. The number of carbonyl (C=O) groups is 1. The molecule has 6 heteroatoms. The van der Waals surface area contributed by atoms with Crippen LogP contribution in [0.2, 0.25) is 0 Å². The van der Waals surface area contributed by atoms with Gasteiger partial charge in [-0.3, -0.25) is 0 Å². The number of alkyl carbamates (subject to hydrolysis) is 1. The maximum absolute atomic E-state index is 13.5. The number of rotatable bonds is 7. The van der Waals surface area contributed by atoms with E-state index in [1.54, 1.807) is 12.1 Å². The zero-order chi connectivity index (χ0) is 18.0. The number of hydrogen-bond acceptors (Lipinski definition) is 3. The lowest BCUT2D eigenvalue weighted by Gasteiger charge is -2.17. The van der Waals surface area contributed by atoms with Crippen molar-refractivity contribution in [1.82, 2.24) is 15.2 Å². The van der Waals surface area contributed by atoms with Crippen LogP contribution >= 0.6 is 0 Å². The van der Waals surface area contributed by atoms with Crippen LogP contribution in [0.25, 0.3) is 10.9 Å². The molecule has 1 saturated carbocycles. The molecule has 144 valence electrons. The molecule has 0 aliphatic heterocycles. The van der Waals surface area contributed by atoms with Crippen LogP contribution in [0, 0.1) is 11.7 Å². The lowest BCUT2D eigenvalue weighted by Crippen LogP contribution is -2.35. The Morgan fingerprint density at radius 3 is 2.96 bits per heavy atom. The van der Waals surface area contributed by atoms with Gasteiger partial charge in [0.25, 0.3) is 0 Å². The highest BCUT2D eigenvalue weighted by Gasteiger charge is 2.40. The summed E-state index contributed by atoms with van der Waals surface area (Å²) in [6, 6.07) is 4.89. The van der Waals surface area contributed by atoms with Crippen molar-refractivity contribution in [3.8, 4) is 0 Å². The fourth-order valence-corrected chi connectivity index (χ4v) is 3.35. The van der Waals surface area contributed by atoms with Crippen LogP contribution in [0.4, 0.5) is 9.18 Å². The van der Waals surface area contributed by atoms with Crippen molar-refractivity contribution in [3.63, 3.8) is 0 Å². The molecule has 1 amide bonds. The van der Waals surface area contributed by atoms with E-state index in [1.165, 1.54) is 11.6 Å². The Bertz CT molecular complexity index is 744. The molecule has 26 heavy (non-hydrogen) atoms. The molecule has 1 fully saturated rings. The number of carbonyl (C=O) groups excluding carboxylic acids is 1. The number of nitrogens with zero attached hydrogens (tertiary/aromatic N) is 1. The van der Waals surface area contributed by atoms with Crippen LogP contribution in [0.1, 0.15) is 39.2 Å². The van der Waals surface area contributed by atoms with Crippen molar-refractivity contribution in [3.05, 3.63) is 35.8 Å². The van der Waals surface area contributed by atoms with Gasteiger partial charge in [0.05, 0.1) is 6.10 Å². The molecule has 2 atom stereocenters. The summed E-state index contributed by atoms with van der Waals surface area (Å²) in [6.07, 6.45) is 2.66. The SMILES string of the molecule is C.CC(C)OC(=O)NCCN(C)CC1CC1c1c[nH]c2ccc(F)cc12. The molecule has 2 unspecified atom stereocenters. The number of ether oxygens (including phenoxy) is 1. The van der Waals surface area contributed by atoms with Crippen molar-refractivity contribution in [2.75, 3.05) is 26.7 Å². The summed E-state index contributed by atoms with van der Waals surface area (Å²) in [7, 11) is 2.06. The van der Waals surface area contributed by atoms with Crippen molar-refractivity contribution < 1.29 is 13.9 Å². The van der Waals surface area contributed by atoms with Gasteiger partial charge in [-0.25, -0.2) is 9.18 Å². The van der Waals surface area contributed by atoms with E-state index in [-0.39, 0.29) is 25.4 Å². The predicted molar refractivity (Wildman–Crippen MR) is 103 cm³/mol. The number of fused-ring (bicyclic) bond motifs is 1. The van der Waals surface area contributed by atoms with Crippen LogP contribution < -0.4 is 5.32 Å². The topological polar surface area (TPSA) is 57.4 Å². The summed E-state index contributed by atoms with van der Waals surface area (Å²) in [6.45, 7) is 5.97. The summed E-state index contributed by atoms with van der Waals surface area (Å²) in [5.41, 5.74) is 2.20. The normalized spacial score (nSPS) is 18.8. The Kier molecular flexibility index (Phi) is 6.64. The number of amides is 1. The first-order valence-electron chi connectivity index (χ1n) is 8.83. The average molecular weight is 363 g/mol. The highest BCUT2D eigenvalue weighted by molar-refractivity contribution is 5.84. The number of aromatic amines is 1. The van der Waals surface area contributed by atoms with Gasteiger partial charge >= 0.3 is 6.09 Å². The van der Waals surface area contributed by atoms with Gasteiger partial charge in [-0.1, -0.05) is 7.43 Å². The van der Waals surface area contributed by atoms with Crippen molar-refractivity contribution in [2.45, 2.75) is 39.7 Å². The summed E-state index contributed by atoms with van der Waals surface area (Å²) < 4.78 is 18.5. The van der Waals surface area contributed by atoms with Crippen LogP contribution in [0.15, 0.2) is 24.4 Å². The fraction of sp³-hybridized carbons (Fsp3) is 0.550. The van der Waals surface area contributed by atoms with Crippen molar-refractivity contribution in [1.29, 1.82) is 0 Å². The molecule has 0 radical (unpaired) electrons. The van der Waals surface area contributed by atoms with E-state index in [1.807, 2.05) is 20.0 Å². The van der Waals surface area contributed by atoms with E-state index in [0.717, 1.165) is 30.4 Å². The molecule has 1 heterocycles. The van der Waals surface area contributed by atoms with Gasteiger partial charge in [0.1, 0.15) is 5.82 Å². The number of hydrogen-bond donors (Lipinski definition) is 2. The number of likely N-dealkylation sites (N-methyl/N-ethyl adjacent to an activating group) is 1. The maximum Gasteiger partial charge on any atom is 0.407 e. The lowest BCUT2D eigenvalue weighted by atomic mass is 10.1. The van der Waals surface area contributed by atoms with Gasteiger partial charge in [-0.05, 0) is 62.9 Å². The molecule has 1 aromatic carbocycles. The van der Waals surface area contributed by atoms with E-state index in [4.69, 9.17) is 4.74 Å². The van der Waals surface area contributed by atoms with Crippen LogP contribution in [0.5, 0.6) is 0 Å². The maximum atomic E-state index is 13.5. The van der Waals surface area contributed by atoms with Gasteiger partial charge in [-0.2, -0.15) is 0 Å². The summed E-state index contributed by atoms with van der Waals surface area (Å²) >= 11 is 0.